The fourth-order valence-electron chi connectivity index (χ4n) is 3.27. The third kappa shape index (κ3) is 4.03. The van der Waals surface area contributed by atoms with E-state index in [1.807, 2.05) is 42.6 Å². The number of benzene rings is 2. The van der Waals surface area contributed by atoms with Crippen molar-refractivity contribution < 1.29 is 14.6 Å². The van der Waals surface area contributed by atoms with E-state index in [0.29, 0.717) is 29.9 Å². The number of pyridine rings is 1. The van der Waals surface area contributed by atoms with Gasteiger partial charge in [-0.25, -0.2) is 4.98 Å². The molecule has 152 valence electrons. The van der Waals surface area contributed by atoms with Crippen molar-refractivity contribution in [2.75, 3.05) is 13.2 Å². The van der Waals surface area contributed by atoms with Crippen molar-refractivity contribution in [2.45, 2.75) is 13.5 Å². The summed E-state index contributed by atoms with van der Waals surface area (Å²) in [6.45, 7) is 2.04. The zero-order chi connectivity index (χ0) is 21.1. The van der Waals surface area contributed by atoms with E-state index >= 15 is 0 Å². The van der Waals surface area contributed by atoms with Crippen molar-refractivity contribution in [1.82, 2.24) is 9.55 Å². The van der Waals surface area contributed by atoms with Gasteiger partial charge < -0.3 is 14.4 Å². The molecule has 0 bridgehead atoms. The van der Waals surface area contributed by atoms with Crippen molar-refractivity contribution in [3.05, 3.63) is 81.0 Å². The molecule has 0 aliphatic rings. The van der Waals surface area contributed by atoms with E-state index in [2.05, 4.69) is 4.98 Å². The van der Waals surface area contributed by atoms with Gasteiger partial charge in [-0.05, 0) is 36.6 Å². The van der Waals surface area contributed by atoms with Gasteiger partial charge in [-0.2, -0.15) is 0 Å². The second-order valence-corrected chi connectivity index (χ2v) is 7.86. The van der Waals surface area contributed by atoms with Crippen LogP contribution in [0.15, 0.2) is 64.9 Å². The van der Waals surface area contributed by atoms with Crippen molar-refractivity contribution in [1.29, 1.82) is 0 Å². The molecule has 4 aromatic rings. The van der Waals surface area contributed by atoms with Crippen molar-refractivity contribution in [2.24, 2.45) is 0 Å². The number of hydrogen-bond acceptors (Lipinski definition) is 6. The molecular formula is C23H20N2O4S. The van der Waals surface area contributed by atoms with E-state index in [9.17, 15) is 9.59 Å². The molecule has 2 aromatic heterocycles. The molecule has 0 spiro atoms. The highest BCUT2D eigenvalue weighted by atomic mass is 32.1. The van der Waals surface area contributed by atoms with Crippen LogP contribution in [0.1, 0.15) is 15.4 Å². The standard InChI is InChI=1S/C23H20N2O4S/c1-15-24-20(14-30-15)18-4-2-3-5-22(18)29-11-10-25-9-8-16-6-7-17(21(27)13-26)12-19(16)23(25)28/h2-9,12,14,26H,10-11,13H2,1H3. The summed E-state index contributed by atoms with van der Waals surface area (Å²) >= 11 is 1.58. The molecule has 0 saturated carbocycles. The minimum Gasteiger partial charge on any atom is -0.491 e. The van der Waals surface area contributed by atoms with Crippen LogP contribution < -0.4 is 10.3 Å². The van der Waals surface area contributed by atoms with Crippen molar-refractivity contribution in [3.63, 3.8) is 0 Å². The first-order valence-electron chi connectivity index (χ1n) is 9.48. The van der Waals surface area contributed by atoms with Crippen LogP contribution in [0.4, 0.5) is 0 Å². The lowest BCUT2D eigenvalue weighted by Crippen LogP contribution is -2.23. The normalized spacial score (nSPS) is 11.0. The van der Waals surface area contributed by atoms with Crippen LogP contribution in [0, 0.1) is 6.92 Å². The van der Waals surface area contributed by atoms with Crippen LogP contribution in [-0.2, 0) is 6.54 Å². The lowest BCUT2D eigenvalue weighted by atomic mass is 10.1. The number of thiazole rings is 1. The number of aliphatic hydroxyl groups excluding tert-OH is 1. The second-order valence-electron chi connectivity index (χ2n) is 6.79. The van der Waals surface area contributed by atoms with Gasteiger partial charge in [0.25, 0.3) is 5.56 Å². The number of aryl methyl sites for hydroxylation is 1. The van der Waals surface area contributed by atoms with E-state index in [1.165, 1.54) is 6.07 Å². The van der Waals surface area contributed by atoms with Gasteiger partial charge in [0.05, 0.1) is 17.2 Å². The van der Waals surface area contributed by atoms with Crippen LogP contribution in [0.3, 0.4) is 0 Å². The monoisotopic (exact) mass is 420 g/mol. The van der Waals surface area contributed by atoms with Crippen molar-refractivity contribution >= 4 is 27.9 Å². The largest absolute Gasteiger partial charge is 0.491 e. The Morgan fingerprint density at radius 2 is 2.03 bits per heavy atom. The molecule has 30 heavy (non-hydrogen) atoms. The Bertz CT molecular complexity index is 1280. The second kappa shape index (κ2) is 8.61. The molecule has 2 heterocycles. The Balaban J connectivity index is 1.54. The zero-order valence-electron chi connectivity index (χ0n) is 16.4. The number of rotatable bonds is 7. The van der Waals surface area contributed by atoms with Crippen LogP contribution in [0.2, 0.25) is 0 Å². The molecular weight excluding hydrogens is 400 g/mol. The van der Waals surface area contributed by atoms with E-state index in [0.717, 1.165) is 21.7 Å². The average Bonchev–Trinajstić information content (AvgIpc) is 3.21. The summed E-state index contributed by atoms with van der Waals surface area (Å²) in [4.78, 5) is 29.1. The van der Waals surface area contributed by atoms with E-state index < -0.39 is 12.4 Å². The minimum absolute atomic E-state index is 0.202. The van der Waals surface area contributed by atoms with Gasteiger partial charge >= 0.3 is 0 Å². The fraction of sp³-hybridized carbons (Fsp3) is 0.174. The maximum atomic E-state index is 12.9. The Kier molecular flexibility index (Phi) is 5.74. The number of carbonyl (C=O) groups excluding carboxylic acids is 1. The van der Waals surface area contributed by atoms with Gasteiger partial charge in [0, 0.05) is 28.1 Å². The fourth-order valence-corrected chi connectivity index (χ4v) is 3.88. The van der Waals surface area contributed by atoms with Crippen LogP contribution >= 0.6 is 11.3 Å². The summed E-state index contributed by atoms with van der Waals surface area (Å²) in [6.07, 6.45) is 1.72. The molecule has 0 aliphatic carbocycles. The topological polar surface area (TPSA) is 81.4 Å². The number of para-hydroxylation sites is 1. The highest BCUT2D eigenvalue weighted by Crippen LogP contribution is 2.30. The summed E-state index contributed by atoms with van der Waals surface area (Å²) in [5.74, 6) is 0.302. The molecule has 0 atom stereocenters. The molecule has 0 radical (unpaired) electrons. The average molecular weight is 420 g/mol. The number of aromatic nitrogens is 2. The number of nitrogens with zero attached hydrogens (tertiary/aromatic N) is 2. The zero-order valence-corrected chi connectivity index (χ0v) is 17.2. The molecule has 0 saturated heterocycles. The van der Waals surface area contributed by atoms with Crippen molar-refractivity contribution in [3.8, 4) is 17.0 Å². The molecule has 1 N–H and O–H groups in total. The summed E-state index contributed by atoms with van der Waals surface area (Å²) in [5.41, 5.74) is 1.91. The molecule has 0 amide bonds. The predicted octanol–water partition coefficient (Wildman–Crippen LogP) is 3.69. The molecule has 0 unspecified atom stereocenters. The number of Topliss-reactive ketones (excluding diaryl/α,β-unsaturated/α-hetero) is 1. The van der Waals surface area contributed by atoms with Gasteiger partial charge in [-0.1, -0.05) is 24.3 Å². The van der Waals surface area contributed by atoms with Gasteiger partial charge in [0.1, 0.15) is 19.0 Å². The molecule has 0 fully saturated rings. The SMILES string of the molecule is Cc1nc(-c2ccccc2OCCn2ccc3ccc(C(=O)CO)cc3c2=O)cs1. The maximum absolute atomic E-state index is 12.9. The van der Waals surface area contributed by atoms with Gasteiger partial charge in [-0.3, -0.25) is 9.59 Å². The van der Waals surface area contributed by atoms with Crippen LogP contribution in [-0.4, -0.2) is 33.7 Å². The van der Waals surface area contributed by atoms with E-state index in [-0.39, 0.29) is 5.56 Å². The summed E-state index contributed by atoms with van der Waals surface area (Å²) < 4.78 is 7.53. The number of hydrogen-bond donors (Lipinski definition) is 1. The number of ketones is 1. The van der Waals surface area contributed by atoms with Gasteiger partial charge in [0.15, 0.2) is 5.78 Å². The Hall–Kier alpha value is -3.29. The lowest BCUT2D eigenvalue weighted by molar-refractivity contribution is 0.0904. The summed E-state index contributed by atoms with van der Waals surface area (Å²) in [6, 6.07) is 14.4. The third-order valence-corrected chi connectivity index (χ3v) is 5.59. The van der Waals surface area contributed by atoms with Crippen LogP contribution in [0.5, 0.6) is 5.75 Å². The predicted molar refractivity (Wildman–Crippen MR) is 117 cm³/mol. The number of ether oxygens (including phenoxy) is 1. The molecule has 2 aromatic carbocycles. The first-order valence-corrected chi connectivity index (χ1v) is 10.4. The summed E-state index contributed by atoms with van der Waals surface area (Å²) in [5, 5.41) is 13.2. The van der Waals surface area contributed by atoms with E-state index in [4.69, 9.17) is 9.84 Å². The molecule has 6 nitrogen and oxygen atoms in total. The first-order chi connectivity index (χ1) is 14.6. The Labute approximate surface area is 177 Å². The quantitative estimate of drug-likeness (QED) is 0.461. The highest BCUT2D eigenvalue weighted by Gasteiger charge is 2.11. The van der Waals surface area contributed by atoms with Gasteiger partial charge in [0.2, 0.25) is 0 Å². The summed E-state index contributed by atoms with van der Waals surface area (Å²) in [7, 11) is 0. The van der Waals surface area contributed by atoms with Crippen LogP contribution in [0.25, 0.3) is 22.0 Å². The Morgan fingerprint density at radius 3 is 2.80 bits per heavy atom. The minimum atomic E-state index is -0.585. The van der Waals surface area contributed by atoms with Gasteiger partial charge in [-0.15, -0.1) is 11.3 Å². The molecule has 0 aliphatic heterocycles. The smallest absolute Gasteiger partial charge is 0.258 e. The lowest BCUT2D eigenvalue weighted by Gasteiger charge is -2.12. The number of carbonyl (C=O) groups is 1. The third-order valence-electron chi connectivity index (χ3n) is 4.82. The highest BCUT2D eigenvalue weighted by molar-refractivity contribution is 7.09. The van der Waals surface area contributed by atoms with E-state index in [1.54, 1.807) is 34.2 Å². The molecule has 7 heteroatoms. The number of fused-ring (bicyclic) bond motifs is 1. The maximum Gasteiger partial charge on any atom is 0.258 e. The first kappa shape index (κ1) is 20.0. The number of aliphatic hydroxyl groups is 1. The molecule has 4 rings (SSSR count). The Morgan fingerprint density at radius 1 is 1.20 bits per heavy atom.